The van der Waals surface area contributed by atoms with Crippen LogP contribution in [-0.4, -0.2) is 35.0 Å². The van der Waals surface area contributed by atoms with Crippen LogP contribution in [0.15, 0.2) is 91.0 Å². The van der Waals surface area contributed by atoms with Gasteiger partial charge >= 0.3 is 0 Å². The summed E-state index contributed by atoms with van der Waals surface area (Å²) in [6.07, 6.45) is 0. The number of aromatic nitrogens is 7. The van der Waals surface area contributed by atoms with Crippen molar-refractivity contribution in [2.45, 2.75) is 13.1 Å². The highest BCUT2D eigenvalue weighted by Crippen LogP contribution is 2.26. The Kier molecular flexibility index (Phi) is 4.14. The molecule has 34 heavy (non-hydrogen) atoms. The number of pyridine rings is 1. The van der Waals surface area contributed by atoms with Crippen LogP contribution in [0.2, 0.25) is 0 Å². The Labute approximate surface area is 194 Å². The van der Waals surface area contributed by atoms with Crippen molar-refractivity contribution >= 4 is 43.9 Å². The molecule has 3 heterocycles. The lowest BCUT2D eigenvalue weighted by molar-refractivity contribution is 0.670. The normalized spacial score (nSPS) is 11.8. The lowest BCUT2D eigenvalue weighted by Crippen LogP contribution is -2.05. The van der Waals surface area contributed by atoms with Crippen LogP contribution >= 0.6 is 0 Å². The Bertz CT molecular complexity index is 1700. The fraction of sp³-hybridized carbons (Fsp3) is 0.0741. The molecule has 0 spiro atoms. The largest absolute Gasteiger partial charge is 0.247 e. The average Bonchev–Trinajstić information content (AvgIpc) is 3.48. The molecule has 0 aliphatic carbocycles. The maximum Gasteiger partial charge on any atom is 0.113 e. The van der Waals surface area contributed by atoms with E-state index in [1.54, 1.807) is 0 Å². The summed E-state index contributed by atoms with van der Waals surface area (Å²) in [5, 5.41) is 19.6. The molecule has 0 saturated heterocycles. The van der Waals surface area contributed by atoms with E-state index in [2.05, 4.69) is 63.1 Å². The quantitative estimate of drug-likeness (QED) is 0.361. The van der Waals surface area contributed by atoms with Crippen LogP contribution < -0.4 is 0 Å². The predicted octanol–water partition coefficient (Wildman–Crippen LogP) is 4.97. The molecule has 7 nitrogen and oxygen atoms in total. The molecule has 0 aliphatic rings. The van der Waals surface area contributed by atoms with Gasteiger partial charge in [-0.15, -0.1) is 10.2 Å². The van der Waals surface area contributed by atoms with Gasteiger partial charge < -0.3 is 0 Å². The molecule has 7 aromatic rings. The molecule has 0 fully saturated rings. The molecule has 0 radical (unpaired) electrons. The van der Waals surface area contributed by atoms with E-state index in [0.717, 1.165) is 55.0 Å². The number of benzene rings is 4. The van der Waals surface area contributed by atoms with Gasteiger partial charge in [0.2, 0.25) is 0 Å². The minimum atomic E-state index is 0.603. The van der Waals surface area contributed by atoms with E-state index < -0.39 is 0 Å². The summed E-state index contributed by atoms with van der Waals surface area (Å²) < 4.78 is 3.87. The fourth-order valence-corrected chi connectivity index (χ4v) is 4.65. The number of rotatable bonds is 4. The second kappa shape index (κ2) is 7.45. The molecule has 7 rings (SSSR count). The molecular weight excluding hydrogens is 422 g/mol. The zero-order chi connectivity index (χ0) is 22.5. The van der Waals surface area contributed by atoms with Crippen LogP contribution in [0.3, 0.4) is 0 Å². The maximum atomic E-state index is 5.18. The third kappa shape index (κ3) is 3.02. The van der Waals surface area contributed by atoms with Crippen LogP contribution in [0, 0.1) is 0 Å². The van der Waals surface area contributed by atoms with Crippen LogP contribution in [0.5, 0.6) is 0 Å². The van der Waals surface area contributed by atoms with Gasteiger partial charge in [-0.05, 0) is 41.5 Å². The molecule has 0 unspecified atom stereocenters. The topological polar surface area (TPSA) is 74.3 Å². The fourth-order valence-electron chi connectivity index (χ4n) is 4.65. The lowest BCUT2D eigenvalue weighted by Gasteiger charge is -2.11. The van der Waals surface area contributed by atoms with E-state index >= 15 is 0 Å². The maximum absolute atomic E-state index is 5.18. The Morgan fingerprint density at radius 2 is 1.03 bits per heavy atom. The Balaban J connectivity index is 1.36. The molecule has 3 aromatic heterocycles. The van der Waals surface area contributed by atoms with Crippen molar-refractivity contribution in [1.29, 1.82) is 0 Å². The Morgan fingerprint density at radius 3 is 1.56 bits per heavy atom. The smallest absolute Gasteiger partial charge is 0.113 e. The van der Waals surface area contributed by atoms with E-state index in [-0.39, 0.29) is 0 Å². The molecule has 0 atom stereocenters. The summed E-state index contributed by atoms with van der Waals surface area (Å²) in [5.41, 5.74) is 7.98. The second-order valence-electron chi connectivity index (χ2n) is 8.44. The summed E-state index contributed by atoms with van der Waals surface area (Å²) in [5.74, 6) is 0. The highest BCUT2D eigenvalue weighted by Gasteiger charge is 2.12. The van der Waals surface area contributed by atoms with Crippen LogP contribution in [0.25, 0.3) is 43.9 Å². The van der Waals surface area contributed by atoms with Gasteiger partial charge in [0.25, 0.3) is 0 Å². The summed E-state index contributed by atoms with van der Waals surface area (Å²) in [4.78, 5) is 5.18. The van der Waals surface area contributed by atoms with E-state index in [0.29, 0.717) is 13.1 Å². The van der Waals surface area contributed by atoms with Crippen molar-refractivity contribution in [3.8, 4) is 0 Å². The Morgan fingerprint density at radius 1 is 0.529 bits per heavy atom. The summed E-state index contributed by atoms with van der Waals surface area (Å²) >= 11 is 0. The Hall–Kier alpha value is -4.65. The number of nitrogens with zero attached hydrogens (tertiary/aromatic N) is 7. The van der Waals surface area contributed by atoms with Gasteiger partial charge in [0, 0.05) is 10.8 Å². The second-order valence-corrected chi connectivity index (χ2v) is 8.44. The van der Waals surface area contributed by atoms with E-state index in [1.165, 1.54) is 0 Å². The highest BCUT2D eigenvalue weighted by atomic mass is 15.4. The van der Waals surface area contributed by atoms with Crippen molar-refractivity contribution in [3.63, 3.8) is 0 Å². The van der Waals surface area contributed by atoms with E-state index in [4.69, 9.17) is 4.98 Å². The van der Waals surface area contributed by atoms with Crippen LogP contribution in [0.4, 0.5) is 0 Å². The van der Waals surface area contributed by atoms with E-state index in [9.17, 15) is 0 Å². The summed E-state index contributed by atoms with van der Waals surface area (Å²) in [7, 11) is 0. The third-order valence-electron chi connectivity index (χ3n) is 6.32. The first-order valence-corrected chi connectivity index (χ1v) is 11.2. The SMILES string of the molecule is c1cc(Cn2nnc3ccccc32)c2nc3c(Cn4nnc5ccccc54)cccc3cc2c1. The molecule has 4 aromatic carbocycles. The molecule has 162 valence electrons. The zero-order valence-electron chi connectivity index (χ0n) is 18.2. The third-order valence-corrected chi connectivity index (χ3v) is 6.32. The van der Waals surface area contributed by atoms with Gasteiger partial charge in [-0.3, -0.25) is 0 Å². The molecule has 0 bridgehead atoms. The molecule has 0 saturated carbocycles. The van der Waals surface area contributed by atoms with Crippen molar-refractivity contribution in [3.05, 3.63) is 102 Å². The van der Waals surface area contributed by atoms with Crippen molar-refractivity contribution in [2.75, 3.05) is 0 Å². The van der Waals surface area contributed by atoms with Crippen LogP contribution in [-0.2, 0) is 13.1 Å². The van der Waals surface area contributed by atoms with E-state index in [1.807, 2.05) is 57.9 Å². The molecule has 7 heteroatoms. The lowest BCUT2D eigenvalue weighted by atomic mass is 10.0. The first-order valence-electron chi connectivity index (χ1n) is 11.2. The van der Waals surface area contributed by atoms with Gasteiger partial charge in [0.15, 0.2) is 0 Å². The predicted molar refractivity (Wildman–Crippen MR) is 133 cm³/mol. The minimum Gasteiger partial charge on any atom is -0.247 e. The van der Waals surface area contributed by atoms with Gasteiger partial charge in [0.05, 0.1) is 35.2 Å². The van der Waals surface area contributed by atoms with Gasteiger partial charge in [-0.1, -0.05) is 71.1 Å². The molecule has 0 amide bonds. The van der Waals surface area contributed by atoms with Crippen molar-refractivity contribution in [2.24, 2.45) is 0 Å². The molecule has 0 aliphatic heterocycles. The standard InChI is InChI=1S/C27H19N7/c1-3-13-24-22(11-1)29-31-33(24)16-20-9-5-7-18-15-19-8-6-10-21(27(19)28-26(18)20)17-34-25-14-4-2-12-23(25)30-32-34/h1-15H,16-17H2. The summed E-state index contributed by atoms with van der Waals surface area (Å²) in [6.45, 7) is 1.21. The number of hydrogen-bond donors (Lipinski definition) is 0. The average molecular weight is 441 g/mol. The first kappa shape index (κ1) is 18.9. The first-order chi connectivity index (χ1) is 16.8. The minimum absolute atomic E-state index is 0.603. The van der Waals surface area contributed by atoms with Crippen LogP contribution in [0.1, 0.15) is 11.1 Å². The number of para-hydroxylation sites is 4. The van der Waals surface area contributed by atoms with Crippen molar-refractivity contribution in [1.82, 2.24) is 35.0 Å². The molecular formula is C27H19N7. The zero-order valence-corrected chi connectivity index (χ0v) is 18.2. The highest BCUT2D eigenvalue weighted by molar-refractivity contribution is 5.95. The van der Waals surface area contributed by atoms with Gasteiger partial charge in [0.1, 0.15) is 11.0 Å². The van der Waals surface area contributed by atoms with Crippen molar-refractivity contribution < 1.29 is 0 Å². The van der Waals surface area contributed by atoms with Gasteiger partial charge in [-0.2, -0.15) is 0 Å². The van der Waals surface area contributed by atoms with Gasteiger partial charge in [-0.25, -0.2) is 14.3 Å². The number of fused-ring (bicyclic) bond motifs is 4. The summed E-state index contributed by atoms with van der Waals surface area (Å²) in [6, 6.07) is 30.9. The monoisotopic (exact) mass is 441 g/mol. The molecule has 0 N–H and O–H groups in total. The number of hydrogen-bond acceptors (Lipinski definition) is 5.